The molecule has 2 aromatic heterocycles. The summed E-state index contributed by atoms with van der Waals surface area (Å²) in [5.41, 5.74) is 3.06. The lowest BCUT2D eigenvalue weighted by atomic mass is 10.1. The van der Waals surface area contributed by atoms with Crippen molar-refractivity contribution in [3.8, 4) is 11.3 Å². The maximum absolute atomic E-state index is 13.0. The molecule has 11 heteroatoms. The van der Waals surface area contributed by atoms with Gasteiger partial charge in [-0.05, 0) is 54.6 Å². The molecule has 0 bridgehead atoms. The molecule has 1 aliphatic rings. The van der Waals surface area contributed by atoms with Gasteiger partial charge in [0, 0.05) is 29.0 Å². The molecule has 1 fully saturated rings. The Hall–Kier alpha value is -3.24. The van der Waals surface area contributed by atoms with E-state index in [9.17, 15) is 13.2 Å². The lowest BCUT2D eigenvalue weighted by Crippen LogP contribution is -2.41. The van der Waals surface area contributed by atoms with Crippen molar-refractivity contribution in [2.75, 3.05) is 28.7 Å². The zero-order valence-corrected chi connectivity index (χ0v) is 20.4. The van der Waals surface area contributed by atoms with Gasteiger partial charge in [-0.3, -0.25) is 14.8 Å². The molecule has 3 heterocycles. The largest absolute Gasteiger partial charge is 0.359 e. The van der Waals surface area contributed by atoms with Crippen molar-refractivity contribution >= 4 is 61.4 Å². The summed E-state index contributed by atoms with van der Waals surface area (Å²) in [6, 6.07) is 15.0. The predicted octanol–water partition coefficient (Wildman–Crippen LogP) is 4.98. The molecule has 178 valence electrons. The van der Waals surface area contributed by atoms with E-state index in [4.69, 9.17) is 27.9 Å². The van der Waals surface area contributed by atoms with E-state index in [-0.39, 0.29) is 29.7 Å². The van der Waals surface area contributed by atoms with Crippen molar-refractivity contribution in [3.05, 3.63) is 82.6 Å². The molecule has 0 unspecified atom stereocenters. The first-order chi connectivity index (χ1) is 16.8. The average molecular weight is 529 g/mol. The standard InChI is InChI=1S/C24H18Cl2N4O4S/c25-20-6-3-15(12-19(20)23-18-2-1-8-27-22(18)7-9-28-23)29-24(31)17-5-4-16(13-21(17)26)30-14-34-10-11-35(30,32)33/h1-9,12-13H,10-11,14H2,(H,29,31). The maximum atomic E-state index is 13.0. The molecule has 1 saturated heterocycles. The number of sulfonamides is 1. The Balaban J connectivity index is 1.43. The maximum Gasteiger partial charge on any atom is 0.257 e. The Morgan fingerprint density at radius 3 is 2.66 bits per heavy atom. The van der Waals surface area contributed by atoms with Gasteiger partial charge in [-0.2, -0.15) is 0 Å². The van der Waals surface area contributed by atoms with Gasteiger partial charge in [-0.25, -0.2) is 12.7 Å². The Morgan fingerprint density at radius 2 is 1.86 bits per heavy atom. The second-order valence-electron chi connectivity index (χ2n) is 7.74. The number of anilines is 2. The minimum atomic E-state index is -3.50. The summed E-state index contributed by atoms with van der Waals surface area (Å²) in [7, 11) is -3.50. The van der Waals surface area contributed by atoms with Gasteiger partial charge >= 0.3 is 0 Å². The number of halogens is 2. The molecular weight excluding hydrogens is 511 g/mol. The van der Waals surface area contributed by atoms with Gasteiger partial charge in [-0.1, -0.05) is 23.2 Å². The second-order valence-corrected chi connectivity index (χ2v) is 10.6. The van der Waals surface area contributed by atoms with Crippen LogP contribution in [0.1, 0.15) is 10.4 Å². The van der Waals surface area contributed by atoms with E-state index in [0.717, 1.165) is 15.2 Å². The number of pyridine rings is 2. The third-order valence-electron chi connectivity index (χ3n) is 5.52. The highest BCUT2D eigenvalue weighted by Gasteiger charge is 2.27. The van der Waals surface area contributed by atoms with Crippen LogP contribution in [0.15, 0.2) is 67.0 Å². The molecule has 1 amide bonds. The summed E-state index contributed by atoms with van der Waals surface area (Å²) in [6.45, 7) is 0.0381. The number of ether oxygens (including phenoxy) is 1. The van der Waals surface area contributed by atoms with Crippen LogP contribution in [0, 0.1) is 0 Å². The Morgan fingerprint density at radius 1 is 1.00 bits per heavy atom. The van der Waals surface area contributed by atoms with E-state index >= 15 is 0 Å². The lowest BCUT2D eigenvalue weighted by Gasteiger charge is -2.28. The highest BCUT2D eigenvalue weighted by molar-refractivity contribution is 7.92. The molecule has 0 saturated carbocycles. The number of benzene rings is 2. The molecule has 0 atom stereocenters. The van der Waals surface area contributed by atoms with Gasteiger partial charge in [0.2, 0.25) is 10.0 Å². The monoisotopic (exact) mass is 528 g/mol. The van der Waals surface area contributed by atoms with Crippen LogP contribution in [0.2, 0.25) is 10.0 Å². The fourth-order valence-electron chi connectivity index (χ4n) is 3.78. The topological polar surface area (TPSA) is 101 Å². The van der Waals surface area contributed by atoms with Gasteiger partial charge < -0.3 is 10.1 Å². The highest BCUT2D eigenvalue weighted by Crippen LogP contribution is 2.34. The van der Waals surface area contributed by atoms with E-state index in [0.29, 0.717) is 27.7 Å². The fraction of sp³-hybridized carbons (Fsp3) is 0.125. The second kappa shape index (κ2) is 9.43. The van der Waals surface area contributed by atoms with Gasteiger partial charge in [0.15, 0.2) is 0 Å². The van der Waals surface area contributed by atoms with Crippen molar-refractivity contribution < 1.29 is 17.9 Å². The van der Waals surface area contributed by atoms with Crippen molar-refractivity contribution in [1.82, 2.24) is 9.97 Å². The summed E-state index contributed by atoms with van der Waals surface area (Å²) >= 11 is 12.8. The van der Waals surface area contributed by atoms with Gasteiger partial charge in [-0.15, -0.1) is 0 Å². The van der Waals surface area contributed by atoms with E-state index < -0.39 is 15.9 Å². The van der Waals surface area contributed by atoms with E-state index in [1.807, 2.05) is 18.2 Å². The van der Waals surface area contributed by atoms with Crippen LogP contribution in [-0.2, 0) is 14.8 Å². The van der Waals surface area contributed by atoms with Gasteiger partial charge in [0.05, 0.1) is 44.9 Å². The molecule has 0 spiro atoms. The summed E-state index contributed by atoms with van der Waals surface area (Å²) < 4.78 is 31.0. The number of fused-ring (bicyclic) bond motifs is 1. The SMILES string of the molecule is O=C(Nc1ccc(Cl)c(-c2nccc3ncccc23)c1)c1ccc(N2COCCS2(=O)=O)cc1Cl. The normalized spacial score (nSPS) is 15.2. The molecule has 5 rings (SSSR count). The molecule has 2 aromatic carbocycles. The van der Waals surface area contributed by atoms with Gasteiger partial charge in [0.1, 0.15) is 6.73 Å². The van der Waals surface area contributed by atoms with Crippen LogP contribution in [0.3, 0.4) is 0 Å². The van der Waals surface area contributed by atoms with Crippen LogP contribution in [-0.4, -0.2) is 43.4 Å². The highest BCUT2D eigenvalue weighted by atomic mass is 35.5. The molecule has 8 nitrogen and oxygen atoms in total. The number of nitrogens with zero attached hydrogens (tertiary/aromatic N) is 3. The number of rotatable bonds is 4. The first kappa shape index (κ1) is 23.5. The molecule has 35 heavy (non-hydrogen) atoms. The van der Waals surface area contributed by atoms with E-state index in [2.05, 4.69) is 15.3 Å². The predicted molar refractivity (Wildman–Crippen MR) is 136 cm³/mol. The molecule has 1 N–H and O–H groups in total. The molecule has 1 aliphatic heterocycles. The van der Waals surface area contributed by atoms with Crippen LogP contribution < -0.4 is 9.62 Å². The number of nitrogens with one attached hydrogen (secondary N) is 1. The van der Waals surface area contributed by atoms with Crippen molar-refractivity contribution in [3.63, 3.8) is 0 Å². The van der Waals surface area contributed by atoms with Crippen LogP contribution in [0.5, 0.6) is 0 Å². The smallest absolute Gasteiger partial charge is 0.257 e. The molecule has 0 radical (unpaired) electrons. The van der Waals surface area contributed by atoms with E-state index in [1.54, 1.807) is 30.6 Å². The minimum Gasteiger partial charge on any atom is -0.359 e. The summed E-state index contributed by atoms with van der Waals surface area (Å²) in [6.07, 6.45) is 3.36. The quantitative estimate of drug-likeness (QED) is 0.400. The van der Waals surface area contributed by atoms with Crippen LogP contribution in [0.4, 0.5) is 11.4 Å². The summed E-state index contributed by atoms with van der Waals surface area (Å²) in [5.74, 6) is -0.576. The zero-order chi connectivity index (χ0) is 24.6. The Labute approximate surface area is 211 Å². The first-order valence-corrected chi connectivity index (χ1v) is 12.9. The number of carbonyl (C=O) groups excluding carboxylic acids is 1. The molecule has 0 aliphatic carbocycles. The van der Waals surface area contributed by atoms with Gasteiger partial charge in [0.25, 0.3) is 5.91 Å². The first-order valence-electron chi connectivity index (χ1n) is 10.5. The average Bonchev–Trinajstić information content (AvgIpc) is 2.84. The van der Waals surface area contributed by atoms with Crippen molar-refractivity contribution in [2.24, 2.45) is 0 Å². The summed E-state index contributed by atoms with van der Waals surface area (Å²) in [5, 5.41) is 4.23. The summed E-state index contributed by atoms with van der Waals surface area (Å²) in [4.78, 5) is 21.8. The lowest BCUT2D eigenvalue weighted by molar-refractivity contribution is 0.102. The fourth-order valence-corrected chi connectivity index (χ4v) is 5.47. The number of carbonyl (C=O) groups is 1. The van der Waals surface area contributed by atoms with E-state index in [1.165, 1.54) is 18.2 Å². The molecule has 4 aromatic rings. The zero-order valence-electron chi connectivity index (χ0n) is 18.1. The van der Waals surface area contributed by atoms with Crippen molar-refractivity contribution in [2.45, 2.75) is 0 Å². The van der Waals surface area contributed by atoms with Crippen LogP contribution >= 0.6 is 23.2 Å². The molecular formula is C24H18Cl2N4O4S. The number of hydrogen-bond acceptors (Lipinski definition) is 6. The number of amides is 1. The van der Waals surface area contributed by atoms with Crippen LogP contribution in [0.25, 0.3) is 22.2 Å². The number of aromatic nitrogens is 2. The Kier molecular flexibility index (Phi) is 6.33. The number of hydrogen-bond donors (Lipinski definition) is 1. The Bertz CT molecular complexity index is 1560. The third kappa shape index (κ3) is 4.68. The minimum absolute atomic E-state index is 0.102. The van der Waals surface area contributed by atoms with Crippen molar-refractivity contribution in [1.29, 1.82) is 0 Å². The third-order valence-corrected chi connectivity index (χ3v) is 7.84.